The minimum atomic E-state index is -3.60. The molecule has 27 heavy (non-hydrogen) atoms. The minimum Gasteiger partial charge on any atom is -0.373 e. The predicted octanol–water partition coefficient (Wildman–Crippen LogP) is 2.40. The number of aryl methyl sites for hydroxylation is 1. The van der Waals surface area contributed by atoms with E-state index in [9.17, 15) is 13.2 Å². The molecule has 1 unspecified atom stereocenters. The zero-order chi connectivity index (χ0) is 20.0. The number of amides is 1. The fourth-order valence-corrected chi connectivity index (χ4v) is 3.98. The Morgan fingerprint density at radius 1 is 1.04 bits per heavy atom. The number of carbonyl (C=O) groups is 1. The maximum atomic E-state index is 12.6. The van der Waals surface area contributed by atoms with E-state index in [-0.39, 0.29) is 5.91 Å². The summed E-state index contributed by atoms with van der Waals surface area (Å²) in [5.74, 6) is -0.331. The van der Waals surface area contributed by atoms with Crippen molar-refractivity contribution in [3.05, 3.63) is 60.2 Å². The third-order valence-electron chi connectivity index (χ3n) is 4.32. The van der Waals surface area contributed by atoms with Gasteiger partial charge in [-0.05, 0) is 38.1 Å². The molecule has 1 atom stereocenters. The lowest BCUT2D eigenvalue weighted by molar-refractivity contribution is -0.121. The van der Waals surface area contributed by atoms with Crippen molar-refractivity contribution in [1.29, 1.82) is 0 Å². The Labute approximate surface area is 161 Å². The molecule has 146 valence electrons. The average molecular weight is 390 g/mol. The summed E-state index contributed by atoms with van der Waals surface area (Å²) >= 11 is 0. The molecule has 2 rings (SSSR count). The summed E-state index contributed by atoms with van der Waals surface area (Å²) in [5, 5.41) is 2.83. The molecule has 0 aromatic heterocycles. The van der Waals surface area contributed by atoms with Crippen molar-refractivity contribution in [2.24, 2.45) is 0 Å². The van der Waals surface area contributed by atoms with Crippen molar-refractivity contribution in [2.45, 2.75) is 19.9 Å². The van der Waals surface area contributed by atoms with E-state index in [2.05, 4.69) is 5.32 Å². The van der Waals surface area contributed by atoms with Crippen LogP contribution in [0.15, 0.2) is 54.6 Å². The summed E-state index contributed by atoms with van der Waals surface area (Å²) in [6.07, 6.45) is 1.11. The molecular weight excluding hydrogens is 362 g/mol. The number of nitrogens with one attached hydrogen (secondary N) is 1. The molecule has 0 aliphatic heterocycles. The highest BCUT2D eigenvalue weighted by molar-refractivity contribution is 7.92. The Morgan fingerprint density at radius 2 is 1.63 bits per heavy atom. The number of hydrogen-bond donors (Lipinski definition) is 1. The average Bonchev–Trinajstić information content (AvgIpc) is 2.63. The molecule has 0 spiro atoms. The van der Waals surface area contributed by atoms with Gasteiger partial charge in [0.25, 0.3) is 0 Å². The molecule has 0 radical (unpaired) electrons. The number of sulfonamides is 1. The monoisotopic (exact) mass is 389 g/mol. The molecule has 2 aromatic carbocycles. The van der Waals surface area contributed by atoms with Crippen LogP contribution in [0.4, 0.5) is 11.4 Å². The lowest BCUT2D eigenvalue weighted by Gasteiger charge is -2.28. The first kappa shape index (κ1) is 20.8. The first-order valence-electron chi connectivity index (χ1n) is 8.80. The van der Waals surface area contributed by atoms with E-state index in [1.165, 1.54) is 0 Å². The third kappa shape index (κ3) is 5.72. The molecule has 0 bridgehead atoms. The van der Waals surface area contributed by atoms with Crippen molar-refractivity contribution in [1.82, 2.24) is 5.32 Å². The van der Waals surface area contributed by atoms with Gasteiger partial charge in [0.05, 0.1) is 11.9 Å². The summed E-state index contributed by atoms with van der Waals surface area (Å²) in [5.41, 5.74) is 2.55. The lowest BCUT2D eigenvalue weighted by Crippen LogP contribution is -2.49. The molecule has 0 saturated carbocycles. The predicted molar refractivity (Wildman–Crippen MR) is 111 cm³/mol. The van der Waals surface area contributed by atoms with Crippen molar-refractivity contribution >= 4 is 27.3 Å². The topological polar surface area (TPSA) is 69.7 Å². The summed E-state index contributed by atoms with van der Waals surface area (Å²) in [6, 6.07) is 16.1. The van der Waals surface area contributed by atoms with Gasteiger partial charge in [0.2, 0.25) is 15.9 Å². The fourth-order valence-electron chi connectivity index (χ4n) is 2.81. The van der Waals surface area contributed by atoms with Crippen LogP contribution in [0.5, 0.6) is 0 Å². The normalized spacial score (nSPS) is 12.3. The molecule has 0 aliphatic carbocycles. The van der Waals surface area contributed by atoms with E-state index in [1.807, 2.05) is 61.3 Å². The smallest absolute Gasteiger partial charge is 0.243 e. The molecule has 7 heteroatoms. The highest BCUT2D eigenvalue weighted by Crippen LogP contribution is 2.21. The maximum Gasteiger partial charge on any atom is 0.243 e. The van der Waals surface area contributed by atoms with Crippen molar-refractivity contribution in [3.63, 3.8) is 0 Å². The number of nitrogens with zero attached hydrogens (tertiary/aromatic N) is 2. The molecular formula is C20H27N3O3S. The van der Waals surface area contributed by atoms with Crippen LogP contribution in [-0.4, -0.2) is 46.8 Å². The van der Waals surface area contributed by atoms with Crippen LogP contribution in [0.2, 0.25) is 0 Å². The zero-order valence-electron chi connectivity index (χ0n) is 16.2. The number of hydrogen-bond acceptors (Lipinski definition) is 4. The molecule has 6 nitrogen and oxygen atoms in total. The number of carbonyl (C=O) groups excluding carboxylic acids is 1. The highest BCUT2D eigenvalue weighted by atomic mass is 32.2. The lowest BCUT2D eigenvalue weighted by atomic mass is 10.2. The van der Waals surface area contributed by atoms with E-state index in [1.54, 1.807) is 19.1 Å². The van der Waals surface area contributed by atoms with Crippen LogP contribution in [0.1, 0.15) is 12.5 Å². The summed E-state index contributed by atoms with van der Waals surface area (Å²) in [6.45, 7) is 4.55. The van der Waals surface area contributed by atoms with Crippen LogP contribution in [-0.2, 0) is 14.8 Å². The standard InChI is InChI=1S/C20H27N3O3S/c1-16-10-12-19(13-11-16)23(27(4,25)26)17(2)20(24)21-14-15-22(3)18-8-6-5-7-9-18/h5-13,17H,14-15H2,1-4H3,(H,21,24). The summed E-state index contributed by atoms with van der Waals surface area (Å²) in [7, 11) is -1.65. The Kier molecular flexibility index (Phi) is 6.85. The quantitative estimate of drug-likeness (QED) is 0.753. The molecule has 0 aliphatic rings. The number of anilines is 2. The van der Waals surface area contributed by atoms with Gasteiger partial charge in [-0.1, -0.05) is 35.9 Å². The number of rotatable bonds is 8. The SMILES string of the molecule is Cc1ccc(N(C(C)C(=O)NCCN(C)c2ccccc2)S(C)(=O)=O)cc1. The minimum absolute atomic E-state index is 0.331. The molecule has 2 aromatic rings. The Bertz CT molecular complexity index is 852. The first-order valence-corrected chi connectivity index (χ1v) is 10.6. The van der Waals surface area contributed by atoms with Crippen molar-refractivity contribution in [2.75, 3.05) is 35.6 Å². The Balaban J connectivity index is 2.01. The van der Waals surface area contributed by atoms with Gasteiger partial charge < -0.3 is 10.2 Å². The second-order valence-corrected chi connectivity index (χ2v) is 8.48. The van der Waals surface area contributed by atoms with Gasteiger partial charge in [-0.3, -0.25) is 9.10 Å². The van der Waals surface area contributed by atoms with Gasteiger partial charge in [0.1, 0.15) is 6.04 Å². The van der Waals surface area contributed by atoms with Crippen LogP contribution in [0, 0.1) is 6.92 Å². The van der Waals surface area contributed by atoms with Crippen molar-refractivity contribution in [3.8, 4) is 0 Å². The van der Waals surface area contributed by atoms with Crippen LogP contribution < -0.4 is 14.5 Å². The van der Waals surface area contributed by atoms with E-state index in [0.29, 0.717) is 18.8 Å². The van der Waals surface area contributed by atoms with E-state index < -0.39 is 16.1 Å². The highest BCUT2D eigenvalue weighted by Gasteiger charge is 2.28. The molecule has 0 heterocycles. The van der Waals surface area contributed by atoms with Gasteiger partial charge in [0, 0.05) is 25.8 Å². The van der Waals surface area contributed by atoms with E-state index >= 15 is 0 Å². The fraction of sp³-hybridized carbons (Fsp3) is 0.350. The van der Waals surface area contributed by atoms with Crippen LogP contribution in [0.3, 0.4) is 0 Å². The Morgan fingerprint density at radius 3 is 2.19 bits per heavy atom. The third-order valence-corrected chi connectivity index (χ3v) is 5.56. The van der Waals surface area contributed by atoms with Crippen LogP contribution >= 0.6 is 0 Å². The maximum absolute atomic E-state index is 12.6. The van der Waals surface area contributed by atoms with Gasteiger partial charge in [-0.15, -0.1) is 0 Å². The second kappa shape index (κ2) is 8.90. The molecule has 0 fully saturated rings. The van der Waals surface area contributed by atoms with Crippen LogP contribution in [0.25, 0.3) is 0 Å². The first-order chi connectivity index (χ1) is 12.7. The second-order valence-electron chi connectivity index (χ2n) is 6.62. The summed E-state index contributed by atoms with van der Waals surface area (Å²) in [4.78, 5) is 14.6. The summed E-state index contributed by atoms with van der Waals surface area (Å²) < 4.78 is 25.7. The number of likely N-dealkylation sites (N-methyl/N-ethyl adjacent to an activating group) is 1. The molecule has 1 amide bonds. The van der Waals surface area contributed by atoms with Gasteiger partial charge >= 0.3 is 0 Å². The Hall–Kier alpha value is -2.54. The van der Waals surface area contributed by atoms with Gasteiger partial charge in [-0.2, -0.15) is 0 Å². The van der Waals surface area contributed by atoms with E-state index in [4.69, 9.17) is 0 Å². The number of benzene rings is 2. The van der Waals surface area contributed by atoms with Gasteiger partial charge in [-0.25, -0.2) is 8.42 Å². The molecule has 0 saturated heterocycles. The number of para-hydroxylation sites is 1. The van der Waals surface area contributed by atoms with Gasteiger partial charge in [0.15, 0.2) is 0 Å². The van der Waals surface area contributed by atoms with Crippen molar-refractivity contribution < 1.29 is 13.2 Å². The zero-order valence-corrected chi connectivity index (χ0v) is 17.0. The molecule has 1 N–H and O–H groups in total. The van der Waals surface area contributed by atoms with E-state index in [0.717, 1.165) is 21.8 Å². The largest absolute Gasteiger partial charge is 0.373 e.